The number of furan rings is 1. The number of sulfonamides is 1. The van der Waals surface area contributed by atoms with Gasteiger partial charge in [-0.1, -0.05) is 0 Å². The molecule has 3 heterocycles. The fraction of sp³-hybridized carbons (Fsp3) is 0.650. The summed E-state index contributed by atoms with van der Waals surface area (Å²) in [6.07, 6.45) is 3.08. The Labute approximate surface area is 181 Å². The van der Waals surface area contributed by atoms with E-state index >= 15 is 0 Å². The highest BCUT2D eigenvalue weighted by Gasteiger charge is 2.34. The molecule has 31 heavy (non-hydrogen) atoms. The number of carbonyl (C=O) groups is 3. The van der Waals surface area contributed by atoms with Gasteiger partial charge in [0.15, 0.2) is 0 Å². The number of piperidine rings is 1. The Kier molecular flexibility index (Phi) is 7.71. The second-order valence-electron chi connectivity index (χ2n) is 7.65. The highest BCUT2D eigenvalue weighted by molar-refractivity contribution is 7.89. The molecule has 0 saturated carbocycles. The number of ether oxygens (including phenoxy) is 1. The second kappa shape index (κ2) is 10.3. The minimum atomic E-state index is -3.90. The molecule has 0 radical (unpaired) electrons. The number of amides is 2. The number of likely N-dealkylation sites (tertiary alicyclic amines) is 1. The quantitative estimate of drug-likeness (QED) is 0.579. The average molecular weight is 456 g/mol. The van der Waals surface area contributed by atoms with Crippen LogP contribution in [0.15, 0.2) is 21.6 Å². The smallest absolute Gasteiger partial charge is 0.374 e. The first-order valence-electron chi connectivity index (χ1n) is 10.7. The van der Waals surface area contributed by atoms with Crippen LogP contribution in [-0.4, -0.2) is 74.7 Å². The van der Waals surface area contributed by atoms with Gasteiger partial charge >= 0.3 is 5.97 Å². The van der Waals surface area contributed by atoms with E-state index in [1.807, 2.05) is 4.90 Å². The average Bonchev–Trinajstić information content (AvgIpc) is 3.46. The Bertz CT molecular complexity index is 898. The van der Waals surface area contributed by atoms with Crippen molar-refractivity contribution in [3.8, 4) is 0 Å². The minimum absolute atomic E-state index is 0.0550. The van der Waals surface area contributed by atoms with E-state index in [0.29, 0.717) is 12.8 Å². The molecule has 0 bridgehead atoms. The van der Waals surface area contributed by atoms with Crippen molar-refractivity contribution in [2.75, 3.05) is 39.3 Å². The highest BCUT2D eigenvalue weighted by atomic mass is 32.2. The molecule has 0 aliphatic carbocycles. The molecule has 10 nitrogen and oxygen atoms in total. The summed E-state index contributed by atoms with van der Waals surface area (Å²) in [6.45, 7) is 4.00. The van der Waals surface area contributed by atoms with Crippen molar-refractivity contribution in [2.45, 2.75) is 44.1 Å². The Hall–Kier alpha value is -2.40. The molecule has 2 fully saturated rings. The van der Waals surface area contributed by atoms with E-state index in [4.69, 9.17) is 9.15 Å². The first kappa shape index (κ1) is 23.3. The first-order chi connectivity index (χ1) is 14.8. The molecule has 0 atom stereocenters. The maximum Gasteiger partial charge on any atom is 0.374 e. The number of nitrogens with one attached hydrogen (secondary N) is 1. The Morgan fingerprint density at radius 3 is 2.45 bits per heavy atom. The third-order valence-corrected chi connectivity index (χ3v) is 7.35. The number of carbonyl (C=O) groups excluding carboxylic acids is 3. The van der Waals surface area contributed by atoms with E-state index in [0.717, 1.165) is 25.9 Å². The molecule has 0 unspecified atom stereocenters. The van der Waals surface area contributed by atoms with Gasteiger partial charge in [-0.25, -0.2) is 13.2 Å². The first-order valence-corrected chi connectivity index (χ1v) is 12.1. The molecule has 2 aliphatic heterocycles. The van der Waals surface area contributed by atoms with Gasteiger partial charge in [0.25, 0.3) is 10.0 Å². The molecule has 1 aromatic rings. The third-order valence-electron chi connectivity index (χ3n) is 5.57. The van der Waals surface area contributed by atoms with Gasteiger partial charge in [0.1, 0.15) is 0 Å². The van der Waals surface area contributed by atoms with Crippen LogP contribution in [0, 0.1) is 5.92 Å². The maximum absolute atomic E-state index is 12.8. The van der Waals surface area contributed by atoms with Gasteiger partial charge in [-0.15, -0.1) is 0 Å². The van der Waals surface area contributed by atoms with Crippen molar-refractivity contribution in [2.24, 2.45) is 5.92 Å². The lowest BCUT2D eigenvalue weighted by atomic mass is 9.97. The second-order valence-corrected chi connectivity index (χ2v) is 9.52. The largest absolute Gasteiger partial charge is 0.460 e. The van der Waals surface area contributed by atoms with Gasteiger partial charge in [0, 0.05) is 45.1 Å². The summed E-state index contributed by atoms with van der Waals surface area (Å²) in [6, 6.07) is 2.51. The van der Waals surface area contributed by atoms with Crippen LogP contribution in [0.25, 0.3) is 0 Å². The SMILES string of the molecule is CCOC(=O)c1ccc(S(=O)(=O)N2CCC(C(=O)NCCC(=O)N3CCCC3)CC2)o1. The Balaban J connectivity index is 1.46. The van der Waals surface area contributed by atoms with E-state index in [1.165, 1.54) is 16.4 Å². The van der Waals surface area contributed by atoms with Crippen molar-refractivity contribution < 1.29 is 32.0 Å². The van der Waals surface area contributed by atoms with Gasteiger partial charge in [-0.05, 0) is 44.7 Å². The summed E-state index contributed by atoms with van der Waals surface area (Å²) < 4.78 is 36.8. The summed E-state index contributed by atoms with van der Waals surface area (Å²) in [4.78, 5) is 37.9. The predicted octanol–water partition coefficient (Wildman–Crippen LogP) is 0.986. The summed E-state index contributed by atoms with van der Waals surface area (Å²) in [5, 5.41) is 2.47. The molecule has 2 aliphatic rings. The zero-order valence-corrected chi connectivity index (χ0v) is 18.5. The normalized spacial score (nSPS) is 18.2. The van der Waals surface area contributed by atoms with E-state index in [-0.39, 0.29) is 61.2 Å². The molecule has 1 aromatic heterocycles. The minimum Gasteiger partial charge on any atom is -0.460 e. The molecule has 0 spiro atoms. The number of nitrogens with zero attached hydrogens (tertiary/aromatic N) is 2. The summed E-state index contributed by atoms with van der Waals surface area (Å²) in [7, 11) is -3.90. The lowest BCUT2D eigenvalue weighted by Gasteiger charge is -2.29. The summed E-state index contributed by atoms with van der Waals surface area (Å²) >= 11 is 0. The van der Waals surface area contributed by atoms with Gasteiger partial charge in [-0.3, -0.25) is 9.59 Å². The van der Waals surface area contributed by atoms with Crippen LogP contribution in [0.3, 0.4) is 0 Å². The lowest BCUT2D eigenvalue weighted by Crippen LogP contribution is -2.43. The van der Waals surface area contributed by atoms with Gasteiger partial charge < -0.3 is 19.4 Å². The topological polar surface area (TPSA) is 126 Å². The molecule has 0 aromatic carbocycles. The fourth-order valence-electron chi connectivity index (χ4n) is 3.82. The van der Waals surface area contributed by atoms with Gasteiger partial charge in [0.2, 0.25) is 22.7 Å². The summed E-state index contributed by atoms with van der Waals surface area (Å²) in [5.74, 6) is -1.30. The van der Waals surface area contributed by atoms with E-state index < -0.39 is 16.0 Å². The lowest BCUT2D eigenvalue weighted by molar-refractivity contribution is -0.130. The number of hydrogen-bond acceptors (Lipinski definition) is 7. The zero-order chi connectivity index (χ0) is 22.4. The number of rotatable bonds is 8. The molecule has 3 rings (SSSR count). The van der Waals surface area contributed by atoms with Crippen LogP contribution < -0.4 is 5.32 Å². The maximum atomic E-state index is 12.8. The van der Waals surface area contributed by atoms with Crippen LogP contribution in [-0.2, 0) is 24.3 Å². The number of esters is 1. The van der Waals surface area contributed by atoms with Crippen molar-refractivity contribution >= 4 is 27.8 Å². The van der Waals surface area contributed by atoms with Gasteiger partial charge in [-0.2, -0.15) is 4.31 Å². The van der Waals surface area contributed by atoms with E-state index in [9.17, 15) is 22.8 Å². The zero-order valence-electron chi connectivity index (χ0n) is 17.7. The Morgan fingerprint density at radius 2 is 1.81 bits per heavy atom. The molecule has 2 saturated heterocycles. The molecule has 2 amide bonds. The van der Waals surface area contributed by atoms with Crippen molar-refractivity contribution in [3.05, 3.63) is 17.9 Å². The number of hydrogen-bond donors (Lipinski definition) is 1. The summed E-state index contributed by atoms with van der Waals surface area (Å²) in [5.41, 5.74) is 0. The monoisotopic (exact) mass is 455 g/mol. The van der Waals surface area contributed by atoms with Crippen LogP contribution in [0.2, 0.25) is 0 Å². The molecular formula is C20H29N3O7S. The van der Waals surface area contributed by atoms with Crippen LogP contribution in [0.4, 0.5) is 0 Å². The highest BCUT2D eigenvalue weighted by Crippen LogP contribution is 2.25. The Morgan fingerprint density at radius 1 is 1.13 bits per heavy atom. The third kappa shape index (κ3) is 5.65. The molecular weight excluding hydrogens is 426 g/mol. The van der Waals surface area contributed by atoms with Crippen LogP contribution in [0.1, 0.15) is 49.6 Å². The van der Waals surface area contributed by atoms with E-state index in [1.54, 1.807) is 6.92 Å². The molecule has 172 valence electrons. The van der Waals surface area contributed by atoms with Crippen LogP contribution >= 0.6 is 0 Å². The van der Waals surface area contributed by atoms with Crippen molar-refractivity contribution in [1.29, 1.82) is 0 Å². The van der Waals surface area contributed by atoms with Gasteiger partial charge in [0.05, 0.1) is 6.61 Å². The van der Waals surface area contributed by atoms with Crippen molar-refractivity contribution in [1.82, 2.24) is 14.5 Å². The van der Waals surface area contributed by atoms with Crippen LogP contribution in [0.5, 0.6) is 0 Å². The van der Waals surface area contributed by atoms with E-state index in [2.05, 4.69) is 5.32 Å². The fourth-order valence-corrected chi connectivity index (χ4v) is 5.20. The predicted molar refractivity (Wildman–Crippen MR) is 110 cm³/mol. The van der Waals surface area contributed by atoms with Crippen molar-refractivity contribution in [3.63, 3.8) is 0 Å². The molecule has 11 heteroatoms. The standard InChI is InChI=1S/C20H29N3O7S/c1-2-29-20(26)16-5-6-18(30-16)31(27,28)23-13-8-15(9-14-23)19(25)21-10-7-17(24)22-11-3-4-12-22/h5-6,15H,2-4,7-14H2,1H3,(H,21,25). The molecule has 1 N–H and O–H groups in total.